The third-order valence-electron chi connectivity index (χ3n) is 7.01. The number of nitrogens with zero attached hydrogens (tertiary/aromatic N) is 3. The fourth-order valence-corrected chi connectivity index (χ4v) is 4.79. The van der Waals surface area contributed by atoms with Crippen LogP contribution in [-0.4, -0.2) is 59.3 Å². The van der Waals surface area contributed by atoms with Gasteiger partial charge in [-0.3, -0.25) is 0 Å². The predicted molar refractivity (Wildman–Crippen MR) is 172 cm³/mol. The topological polar surface area (TPSA) is 224 Å². The number of carbonyl (C=O) groups is 4. The highest BCUT2D eigenvalue weighted by molar-refractivity contribution is 5.97. The van der Waals surface area contributed by atoms with Crippen LogP contribution in [0.5, 0.6) is 0 Å². The van der Waals surface area contributed by atoms with Crippen molar-refractivity contribution in [1.82, 2.24) is 15.0 Å². The van der Waals surface area contributed by atoms with Gasteiger partial charge in [-0.1, -0.05) is 24.3 Å². The van der Waals surface area contributed by atoms with Crippen molar-refractivity contribution >= 4 is 80.3 Å². The Hall–Kier alpha value is -7.09. The molecule has 0 saturated heterocycles. The van der Waals surface area contributed by atoms with E-state index in [2.05, 4.69) is 30.9 Å². The van der Waals surface area contributed by atoms with E-state index in [1.807, 2.05) is 0 Å². The molecule has 0 saturated carbocycles. The molecule has 0 aliphatic heterocycles. The van der Waals surface area contributed by atoms with Crippen LogP contribution in [0.15, 0.2) is 91.0 Å². The van der Waals surface area contributed by atoms with Crippen molar-refractivity contribution in [3.8, 4) is 0 Å². The first-order chi connectivity index (χ1) is 22.5. The summed E-state index contributed by atoms with van der Waals surface area (Å²) in [5, 5.41) is 49.5. The molecule has 0 radical (unpaired) electrons. The van der Waals surface area contributed by atoms with Crippen LogP contribution in [0.2, 0.25) is 0 Å². The van der Waals surface area contributed by atoms with Gasteiger partial charge in [-0.2, -0.15) is 15.0 Å². The number of rotatable bonds is 10. The standard InChI is InChI=1S/C33H22N6O8/c40-27(41)20-3-1-18-12-24(7-5-16(18)9-20)34-31-37-32(35-25-8-6-17-10-21(28(42)43)4-2-19(17)13-25)39-33(38-31)36-26-14-22(29(44)45)11-23(15-26)30(46)47/h1-15H,(H,40,41)(H,42,43)(H,44,45)(H,46,47)(H3,34,35,36,37,38,39). The minimum atomic E-state index is -1.32. The highest BCUT2D eigenvalue weighted by Gasteiger charge is 2.15. The number of hydrogen-bond donors (Lipinski definition) is 7. The lowest BCUT2D eigenvalue weighted by atomic mass is 10.1. The molecule has 14 nitrogen and oxygen atoms in total. The van der Waals surface area contributed by atoms with E-state index in [1.54, 1.807) is 60.7 Å². The molecule has 0 fully saturated rings. The van der Waals surface area contributed by atoms with Crippen LogP contribution in [0.3, 0.4) is 0 Å². The number of hydrogen-bond acceptors (Lipinski definition) is 10. The SMILES string of the molecule is O=C(O)c1cc(Nc2nc(Nc3ccc4cc(C(=O)O)ccc4c3)nc(Nc3ccc4cc(C(=O)O)ccc4c3)n2)cc(C(=O)O)c1. The summed E-state index contributed by atoms with van der Waals surface area (Å²) in [6.45, 7) is 0. The Morgan fingerprint density at radius 1 is 0.383 bits per heavy atom. The molecule has 1 heterocycles. The van der Waals surface area contributed by atoms with Crippen molar-refractivity contribution in [2.45, 2.75) is 0 Å². The first kappa shape index (κ1) is 30.0. The normalized spacial score (nSPS) is 10.8. The molecule has 0 aliphatic rings. The van der Waals surface area contributed by atoms with Gasteiger partial charge < -0.3 is 36.4 Å². The number of nitrogens with one attached hydrogen (secondary N) is 3. The zero-order valence-corrected chi connectivity index (χ0v) is 23.9. The van der Waals surface area contributed by atoms with E-state index >= 15 is 0 Å². The first-order valence-electron chi connectivity index (χ1n) is 13.7. The van der Waals surface area contributed by atoms with E-state index in [4.69, 9.17) is 0 Å². The summed E-state index contributed by atoms with van der Waals surface area (Å²) in [6, 6.07) is 23.4. The fraction of sp³-hybridized carbons (Fsp3) is 0. The molecule has 0 aliphatic carbocycles. The van der Waals surface area contributed by atoms with E-state index in [0.717, 1.165) is 16.8 Å². The van der Waals surface area contributed by atoms with Gasteiger partial charge in [-0.25, -0.2) is 19.2 Å². The Labute approximate surface area is 264 Å². The number of aromatic nitrogens is 3. The van der Waals surface area contributed by atoms with Crippen molar-refractivity contribution in [3.63, 3.8) is 0 Å². The summed E-state index contributed by atoms with van der Waals surface area (Å²) in [7, 11) is 0. The summed E-state index contributed by atoms with van der Waals surface area (Å²) in [5.74, 6) is -4.66. The quantitative estimate of drug-likeness (QED) is 0.0895. The van der Waals surface area contributed by atoms with Crippen LogP contribution >= 0.6 is 0 Å². The predicted octanol–water partition coefficient (Wildman–Crippen LogP) is 6.20. The molecule has 232 valence electrons. The number of carboxylic acids is 4. The van der Waals surface area contributed by atoms with Crippen LogP contribution in [0.25, 0.3) is 21.5 Å². The molecule has 5 aromatic carbocycles. The van der Waals surface area contributed by atoms with Crippen molar-refractivity contribution in [2.24, 2.45) is 0 Å². The number of benzene rings is 5. The zero-order valence-electron chi connectivity index (χ0n) is 23.9. The van der Waals surface area contributed by atoms with Crippen molar-refractivity contribution in [2.75, 3.05) is 16.0 Å². The Morgan fingerprint density at radius 2 is 0.723 bits per heavy atom. The van der Waals surface area contributed by atoms with Gasteiger partial charge in [-0.05, 0) is 88.3 Å². The minimum absolute atomic E-state index is 0.0531. The molecule has 6 rings (SSSR count). The van der Waals surface area contributed by atoms with Gasteiger partial charge in [0.25, 0.3) is 0 Å². The molecule has 0 atom stereocenters. The average molecular weight is 631 g/mol. The van der Waals surface area contributed by atoms with Gasteiger partial charge in [0, 0.05) is 17.1 Å². The third-order valence-corrected chi connectivity index (χ3v) is 7.01. The second-order valence-corrected chi connectivity index (χ2v) is 10.3. The fourth-order valence-electron chi connectivity index (χ4n) is 4.79. The van der Waals surface area contributed by atoms with E-state index in [1.165, 1.54) is 24.3 Å². The van der Waals surface area contributed by atoms with Gasteiger partial charge in [0.1, 0.15) is 0 Å². The van der Waals surface area contributed by atoms with Crippen molar-refractivity contribution in [1.29, 1.82) is 0 Å². The summed E-state index contributed by atoms with van der Waals surface area (Å²) < 4.78 is 0. The highest BCUT2D eigenvalue weighted by atomic mass is 16.4. The molecule has 0 spiro atoms. The third kappa shape index (κ3) is 6.71. The van der Waals surface area contributed by atoms with Gasteiger partial charge in [0.2, 0.25) is 17.8 Å². The van der Waals surface area contributed by atoms with Gasteiger partial charge in [-0.15, -0.1) is 0 Å². The lowest BCUT2D eigenvalue weighted by Gasteiger charge is -2.13. The maximum atomic E-state index is 11.6. The number of carboxylic acid groups (broad SMARTS) is 4. The molecule has 0 amide bonds. The monoisotopic (exact) mass is 630 g/mol. The molecule has 47 heavy (non-hydrogen) atoms. The molecular weight excluding hydrogens is 608 g/mol. The van der Waals surface area contributed by atoms with Crippen molar-refractivity contribution in [3.05, 3.63) is 113 Å². The molecule has 1 aromatic heterocycles. The van der Waals surface area contributed by atoms with Crippen LogP contribution in [0.4, 0.5) is 34.9 Å². The maximum absolute atomic E-state index is 11.6. The molecule has 7 N–H and O–H groups in total. The molecule has 0 unspecified atom stereocenters. The second-order valence-electron chi connectivity index (χ2n) is 10.3. The van der Waals surface area contributed by atoms with E-state index < -0.39 is 23.9 Å². The molecule has 14 heteroatoms. The van der Waals surface area contributed by atoms with E-state index in [9.17, 15) is 39.6 Å². The van der Waals surface area contributed by atoms with E-state index in [-0.39, 0.29) is 45.8 Å². The summed E-state index contributed by atoms with van der Waals surface area (Å²) in [4.78, 5) is 59.3. The Morgan fingerprint density at radius 3 is 1.11 bits per heavy atom. The maximum Gasteiger partial charge on any atom is 0.335 e. The largest absolute Gasteiger partial charge is 0.478 e. The zero-order chi connectivity index (χ0) is 33.2. The summed E-state index contributed by atoms with van der Waals surface area (Å²) >= 11 is 0. The summed E-state index contributed by atoms with van der Waals surface area (Å²) in [5.41, 5.74) is 0.997. The van der Waals surface area contributed by atoms with E-state index in [0.29, 0.717) is 22.1 Å². The Balaban J connectivity index is 1.37. The van der Waals surface area contributed by atoms with Crippen LogP contribution in [-0.2, 0) is 0 Å². The number of anilines is 6. The highest BCUT2D eigenvalue weighted by Crippen LogP contribution is 2.27. The van der Waals surface area contributed by atoms with Crippen LogP contribution < -0.4 is 16.0 Å². The van der Waals surface area contributed by atoms with Crippen molar-refractivity contribution < 1.29 is 39.6 Å². The minimum Gasteiger partial charge on any atom is -0.478 e. The van der Waals surface area contributed by atoms with Gasteiger partial charge in [0.15, 0.2) is 0 Å². The Bertz CT molecular complexity index is 2120. The molecule has 0 bridgehead atoms. The van der Waals surface area contributed by atoms with Crippen LogP contribution in [0, 0.1) is 0 Å². The number of fused-ring (bicyclic) bond motifs is 2. The van der Waals surface area contributed by atoms with Gasteiger partial charge in [0.05, 0.1) is 22.3 Å². The molecular formula is C33H22N6O8. The number of aromatic carboxylic acids is 4. The van der Waals surface area contributed by atoms with Gasteiger partial charge >= 0.3 is 23.9 Å². The summed E-state index contributed by atoms with van der Waals surface area (Å²) in [6.07, 6.45) is 0. The lowest BCUT2D eigenvalue weighted by Crippen LogP contribution is -2.09. The molecule has 6 aromatic rings. The smallest absolute Gasteiger partial charge is 0.335 e. The Kier molecular flexibility index (Phi) is 7.73. The second kappa shape index (κ2) is 12.1. The average Bonchev–Trinajstić information content (AvgIpc) is 3.03. The van der Waals surface area contributed by atoms with Crippen LogP contribution in [0.1, 0.15) is 41.4 Å². The first-order valence-corrected chi connectivity index (χ1v) is 13.7. The lowest BCUT2D eigenvalue weighted by molar-refractivity contribution is 0.0681.